The van der Waals surface area contributed by atoms with E-state index >= 15 is 0 Å². The highest BCUT2D eigenvalue weighted by atomic mass is 16.5. The van der Waals surface area contributed by atoms with Crippen molar-refractivity contribution < 1.29 is 19.4 Å². The summed E-state index contributed by atoms with van der Waals surface area (Å²) < 4.78 is 5.54. The number of carboxylic acid groups (broad SMARTS) is 1. The predicted octanol–water partition coefficient (Wildman–Crippen LogP) is -0.402. The number of nitrogen functional groups attached to an aromatic ring is 1. The molecule has 0 fully saturated rings. The van der Waals surface area contributed by atoms with E-state index in [4.69, 9.17) is 16.1 Å². The maximum Gasteiger partial charge on any atom is 0.360 e. The summed E-state index contributed by atoms with van der Waals surface area (Å²) in [4.78, 5) is 21.9. The smallest absolute Gasteiger partial charge is 0.360 e. The number of nitriles is 1. The van der Waals surface area contributed by atoms with Crippen molar-refractivity contribution in [3.8, 4) is 6.07 Å². The van der Waals surface area contributed by atoms with E-state index in [-0.39, 0.29) is 23.7 Å². The van der Waals surface area contributed by atoms with Crippen molar-refractivity contribution in [3.05, 3.63) is 11.3 Å². The molecular weight excluding hydrogens is 228 g/mol. The van der Waals surface area contributed by atoms with Crippen LogP contribution in [0, 0.1) is 11.3 Å². The molecule has 0 spiro atoms. The van der Waals surface area contributed by atoms with Crippen LogP contribution in [0.2, 0.25) is 0 Å². The van der Waals surface area contributed by atoms with Gasteiger partial charge < -0.3 is 15.6 Å². The molecule has 90 valence electrons. The second-order valence-electron chi connectivity index (χ2n) is 2.99. The molecule has 0 saturated carbocycles. The molecular formula is C9H10N4O4. The van der Waals surface area contributed by atoms with Crippen LogP contribution in [-0.4, -0.2) is 33.4 Å². The third-order valence-electron chi connectivity index (χ3n) is 1.86. The largest absolute Gasteiger partial charge is 0.480 e. The number of hydrogen-bond acceptors (Lipinski definition) is 6. The van der Waals surface area contributed by atoms with Crippen LogP contribution >= 0.6 is 0 Å². The molecule has 0 aliphatic rings. The standard InChI is InChI=1S/C9H10N4O4/c1-2-17-9(16)7-5(3-10)8(11)13(12-7)4-6(14)15/h2,4,11H2,1H3,(H,14,15). The molecule has 17 heavy (non-hydrogen) atoms. The van der Waals surface area contributed by atoms with E-state index < -0.39 is 18.5 Å². The van der Waals surface area contributed by atoms with Gasteiger partial charge in [0, 0.05) is 0 Å². The van der Waals surface area contributed by atoms with Crippen LogP contribution in [0.4, 0.5) is 5.82 Å². The van der Waals surface area contributed by atoms with Gasteiger partial charge in [-0.25, -0.2) is 9.48 Å². The highest BCUT2D eigenvalue weighted by Crippen LogP contribution is 2.16. The minimum absolute atomic E-state index is 0.120. The Morgan fingerprint density at radius 2 is 2.29 bits per heavy atom. The number of carboxylic acids is 1. The van der Waals surface area contributed by atoms with Gasteiger partial charge in [0.2, 0.25) is 0 Å². The lowest BCUT2D eigenvalue weighted by molar-refractivity contribution is -0.137. The molecule has 0 radical (unpaired) electrons. The fraction of sp³-hybridized carbons (Fsp3) is 0.333. The molecule has 0 aromatic carbocycles. The van der Waals surface area contributed by atoms with Crippen molar-refractivity contribution >= 4 is 17.8 Å². The van der Waals surface area contributed by atoms with Gasteiger partial charge in [-0.1, -0.05) is 0 Å². The van der Waals surface area contributed by atoms with Gasteiger partial charge in [-0.3, -0.25) is 4.79 Å². The maximum absolute atomic E-state index is 11.4. The lowest BCUT2D eigenvalue weighted by Crippen LogP contribution is -2.13. The molecule has 1 aromatic heterocycles. The van der Waals surface area contributed by atoms with Crippen LogP contribution in [0.5, 0.6) is 0 Å². The second kappa shape index (κ2) is 4.98. The number of esters is 1. The number of aromatic nitrogens is 2. The zero-order valence-electron chi connectivity index (χ0n) is 9.01. The highest BCUT2D eigenvalue weighted by Gasteiger charge is 2.23. The average molecular weight is 238 g/mol. The number of nitrogens with zero attached hydrogens (tertiary/aromatic N) is 3. The minimum Gasteiger partial charge on any atom is -0.480 e. The number of anilines is 1. The van der Waals surface area contributed by atoms with E-state index in [2.05, 4.69) is 9.84 Å². The molecule has 0 unspecified atom stereocenters. The molecule has 3 N–H and O–H groups in total. The highest BCUT2D eigenvalue weighted by molar-refractivity contribution is 5.92. The molecule has 0 atom stereocenters. The van der Waals surface area contributed by atoms with Gasteiger partial charge >= 0.3 is 11.9 Å². The van der Waals surface area contributed by atoms with Gasteiger partial charge in [-0.15, -0.1) is 0 Å². The summed E-state index contributed by atoms with van der Waals surface area (Å²) in [6.07, 6.45) is 0. The summed E-state index contributed by atoms with van der Waals surface area (Å²) in [5, 5.41) is 21.1. The van der Waals surface area contributed by atoms with E-state index in [1.165, 1.54) is 0 Å². The summed E-state index contributed by atoms with van der Waals surface area (Å²) in [5.41, 5.74) is 5.06. The van der Waals surface area contributed by atoms with Crippen molar-refractivity contribution in [2.45, 2.75) is 13.5 Å². The predicted molar refractivity (Wildman–Crippen MR) is 54.9 cm³/mol. The molecule has 0 amide bonds. The van der Waals surface area contributed by atoms with E-state index in [1.807, 2.05) is 0 Å². The Hall–Kier alpha value is -2.56. The van der Waals surface area contributed by atoms with Gasteiger partial charge in [-0.2, -0.15) is 10.4 Å². The van der Waals surface area contributed by atoms with Crippen molar-refractivity contribution in [1.82, 2.24) is 9.78 Å². The van der Waals surface area contributed by atoms with Crippen molar-refractivity contribution in [2.75, 3.05) is 12.3 Å². The van der Waals surface area contributed by atoms with E-state index in [1.54, 1.807) is 13.0 Å². The van der Waals surface area contributed by atoms with Gasteiger partial charge in [0.15, 0.2) is 5.69 Å². The fourth-order valence-corrected chi connectivity index (χ4v) is 1.18. The van der Waals surface area contributed by atoms with E-state index in [9.17, 15) is 9.59 Å². The van der Waals surface area contributed by atoms with Crippen LogP contribution < -0.4 is 5.73 Å². The second-order valence-corrected chi connectivity index (χ2v) is 2.99. The molecule has 1 heterocycles. The van der Waals surface area contributed by atoms with E-state index in [0.29, 0.717) is 0 Å². The average Bonchev–Trinajstić information content (AvgIpc) is 2.55. The summed E-state index contributed by atoms with van der Waals surface area (Å²) in [5.74, 6) is -2.16. The molecule has 1 aromatic rings. The molecule has 0 saturated heterocycles. The quantitative estimate of drug-likeness (QED) is 0.682. The Morgan fingerprint density at radius 1 is 1.65 bits per heavy atom. The monoisotopic (exact) mass is 238 g/mol. The van der Waals surface area contributed by atoms with E-state index in [0.717, 1.165) is 4.68 Å². The van der Waals surface area contributed by atoms with Gasteiger partial charge in [0.1, 0.15) is 24.0 Å². The normalized spacial score (nSPS) is 9.65. The molecule has 8 nitrogen and oxygen atoms in total. The number of aliphatic carboxylic acids is 1. The third kappa shape index (κ3) is 2.52. The zero-order chi connectivity index (χ0) is 13.0. The SMILES string of the molecule is CCOC(=O)c1nn(CC(=O)O)c(N)c1C#N. The Labute approximate surface area is 96.2 Å². The Bertz CT molecular complexity index is 500. The fourth-order valence-electron chi connectivity index (χ4n) is 1.18. The first-order valence-corrected chi connectivity index (χ1v) is 4.66. The van der Waals surface area contributed by atoms with Crippen molar-refractivity contribution in [3.63, 3.8) is 0 Å². The Kier molecular flexibility index (Phi) is 3.66. The first-order chi connectivity index (χ1) is 8.01. The van der Waals surface area contributed by atoms with Gasteiger partial charge in [0.05, 0.1) is 6.61 Å². The first-order valence-electron chi connectivity index (χ1n) is 4.66. The molecule has 8 heteroatoms. The minimum atomic E-state index is -1.18. The summed E-state index contributed by atoms with van der Waals surface area (Å²) in [6, 6.07) is 1.69. The van der Waals surface area contributed by atoms with Gasteiger partial charge in [0.25, 0.3) is 0 Å². The van der Waals surface area contributed by atoms with Crippen molar-refractivity contribution in [2.24, 2.45) is 0 Å². The number of rotatable bonds is 4. The lowest BCUT2D eigenvalue weighted by atomic mass is 10.2. The molecule has 0 bridgehead atoms. The number of carbonyl (C=O) groups is 2. The van der Waals surface area contributed by atoms with Crippen LogP contribution in [0.3, 0.4) is 0 Å². The Balaban J connectivity index is 3.19. The number of ether oxygens (including phenoxy) is 1. The summed E-state index contributed by atoms with van der Waals surface area (Å²) in [6.45, 7) is 1.19. The number of nitrogens with two attached hydrogens (primary N) is 1. The Morgan fingerprint density at radius 3 is 2.76 bits per heavy atom. The van der Waals surface area contributed by atoms with Crippen LogP contribution in [-0.2, 0) is 16.1 Å². The van der Waals surface area contributed by atoms with Gasteiger partial charge in [-0.05, 0) is 6.92 Å². The first kappa shape index (κ1) is 12.5. The topological polar surface area (TPSA) is 131 Å². The number of carbonyl (C=O) groups excluding carboxylic acids is 1. The summed E-state index contributed by atoms with van der Waals surface area (Å²) >= 11 is 0. The lowest BCUT2D eigenvalue weighted by Gasteiger charge is -1.98. The van der Waals surface area contributed by atoms with Crippen molar-refractivity contribution in [1.29, 1.82) is 5.26 Å². The number of hydrogen-bond donors (Lipinski definition) is 2. The molecule has 1 rings (SSSR count). The maximum atomic E-state index is 11.4. The molecule has 0 aliphatic carbocycles. The zero-order valence-corrected chi connectivity index (χ0v) is 9.01. The molecule has 0 aliphatic heterocycles. The third-order valence-corrected chi connectivity index (χ3v) is 1.86. The van der Waals surface area contributed by atoms with Crippen LogP contribution in [0.25, 0.3) is 0 Å². The van der Waals surface area contributed by atoms with Crippen LogP contribution in [0.15, 0.2) is 0 Å². The van der Waals surface area contributed by atoms with Crippen LogP contribution in [0.1, 0.15) is 23.0 Å². The summed E-state index contributed by atoms with van der Waals surface area (Å²) in [7, 11) is 0.